The molecule has 1 saturated heterocycles. The maximum absolute atomic E-state index is 10.8. The minimum atomic E-state index is -0.163. The number of hydrogen-bond donors (Lipinski definition) is 1. The van der Waals surface area contributed by atoms with Crippen molar-refractivity contribution in [3.63, 3.8) is 0 Å². The Morgan fingerprint density at radius 1 is 1.08 bits per heavy atom. The van der Waals surface area contributed by atoms with Crippen molar-refractivity contribution in [2.75, 3.05) is 32.8 Å². The molecule has 10 nitrogen and oxygen atoms in total. The van der Waals surface area contributed by atoms with Gasteiger partial charge in [-0.3, -0.25) is 19.8 Å². The second-order valence-electron chi connectivity index (χ2n) is 8.64. The molecule has 2 aromatic carbocycles. The van der Waals surface area contributed by atoms with Crippen LogP contribution < -0.4 is 10.7 Å². The third-order valence-electron chi connectivity index (χ3n) is 6.03. The molecule has 36 heavy (non-hydrogen) atoms. The Labute approximate surface area is 208 Å². The molecule has 4 aromatic rings. The Balaban J connectivity index is 0.000000202. The van der Waals surface area contributed by atoms with Crippen LogP contribution in [0.4, 0.5) is 0 Å². The lowest BCUT2D eigenvalue weighted by atomic mass is 10.1. The summed E-state index contributed by atoms with van der Waals surface area (Å²) in [7, 11) is 0. The molecule has 0 saturated carbocycles. The zero-order chi connectivity index (χ0) is 24.7. The number of nitrogens with zero attached hydrogens (tertiary/aromatic N) is 7. The Morgan fingerprint density at radius 3 is 2.67 bits per heavy atom. The molecule has 1 atom stereocenters. The van der Waals surface area contributed by atoms with Gasteiger partial charge in [-0.05, 0) is 24.6 Å². The van der Waals surface area contributed by atoms with Gasteiger partial charge < -0.3 is 9.30 Å². The van der Waals surface area contributed by atoms with Crippen LogP contribution in [0.1, 0.15) is 17.5 Å². The fraction of sp³-hybridized carbons (Fsp3) is 0.308. The molecule has 6 rings (SSSR count). The molecule has 0 aliphatic carbocycles. The van der Waals surface area contributed by atoms with Gasteiger partial charge in [0.2, 0.25) is 0 Å². The molecule has 2 aromatic heterocycles. The van der Waals surface area contributed by atoms with Crippen molar-refractivity contribution < 1.29 is 9.53 Å². The van der Waals surface area contributed by atoms with Crippen molar-refractivity contribution in [1.82, 2.24) is 29.6 Å². The number of ether oxygens (including phenoxy) is 1. The topological polar surface area (TPSA) is 114 Å². The predicted octanol–water partition coefficient (Wildman–Crippen LogP) is 1.52. The van der Waals surface area contributed by atoms with Crippen LogP contribution in [-0.4, -0.2) is 68.3 Å². The quantitative estimate of drug-likeness (QED) is 0.460. The van der Waals surface area contributed by atoms with Gasteiger partial charge in [0.05, 0.1) is 29.8 Å². The number of nitrogens with one attached hydrogen (secondary N) is 1. The fourth-order valence-electron chi connectivity index (χ4n) is 4.12. The van der Waals surface area contributed by atoms with Crippen LogP contribution in [0.25, 0.3) is 11.4 Å². The molecule has 4 heterocycles. The average molecular weight is 485 g/mol. The number of aromatic amines is 1. The number of rotatable bonds is 5. The van der Waals surface area contributed by atoms with Gasteiger partial charge in [-0.1, -0.05) is 36.4 Å². The SMILES string of the molecule is Cc1nc(-c2ccc(C3CN(CCn4ccnc4)CCO3)cc2)n[nH]1.O=C1CN=c2ccccc2=N1. The normalized spacial score (nSPS) is 17.4. The molecule has 1 N–H and O–H groups in total. The van der Waals surface area contributed by atoms with E-state index in [0.717, 1.165) is 55.4 Å². The number of carbonyl (C=O) groups is 1. The van der Waals surface area contributed by atoms with E-state index in [1.807, 2.05) is 43.8 Å². The van der Waals surface area contributed by atoms with Gasteiger partial charge in [0.25, 0.3) is 5.91 Å². The highest BCUT2D eigenvalue weighted by Crippen LogP contribution is 2.24. The van der Waals surface area contributed by atoms with E-state index < -0.39 is 0 Å². The Hall–Kier alpha value is -4.02. The first-order chi connectivity index (χ1) is 17.6. The molecule has 184 valence electrons. The molecule has 0 radical (unpaired) electrons. The largest absolute Gasteiger partial charge is 0.371 e. The number of fused-ring (bicyclic) bond motifs is 1. The number of morpholine rings is 1. The highest BCUT2D eigenvalue weighted by molar-refractivity contribution is 5.79. The monoisotopic (exact) mass is 484 g/mol. The lowest BCUT2D eigenvalue weighted by molar-refractivity contribution is -0.116. The van der Waals surface area contributed by atoms with Gasteiger partial charge in [0, 0.05) is 44.1 Å². The van der Waals surface area contributed by atoms with Crippen molar-refractivity contribution in [3.8, 4) is 11.4 Å². The van der Waals surface area contributed by atoms with E-state index in [1.54, 1.807) is 6.07 Å². The number of hydrogen-bond acceptors (Lipinski definition) is 7. The lowest BCUT2D eigenvalue weighted by Crippen LogP contribution is -2.39. The number of para-hydroxylation sites is 2. The maximum Gasteiger partial charge on any atom is 0.267 e. The first-order valence-corrected chi connectivity index (χ1v) is 11.9. The molecule has 1 fully saturated rings. The predicted molar refractivity (Wildman–Crippen MR) is 133 cm³/mol. The number of aryl methyl sites for hydroxylation is 1. The Bertz CT molecular complexity index is 1410. The zero-order valence-corrected chi connectivity index (χ0v) is 20.1. The number of H-pyrrole nitrogens is 1. The summed E-state index contributed by atoms with van der Waals surface area (Å²) >= 11 is 0. The summed E-state index contributed by atoms with van der Waals surface area (Å²) in [6.45, 7) is 6.70. The summed E-state index contributed by atoms with van der Waals surface area (Å²) in [4.78, 5) is 29.5. The van der Waals surface area contributed by atoms with E-state index in [-0.39, 0.29) is 18.6 Å². The number of aromatic nitrogens is 5. The van der Waals surface area contributed by atoms with E-state index in [9.17, 15) is 4.79 Å². The minimum Gasteiger partial charge on any atom is -0.371 e. The highest BCUT2D eigenvalue weighted by atomic mass is 16.5. The summed E-state index contributed by atoms with van der Waals surface area (Å²) in [5.74, 6) is 1.39. The zero-order valence-electron chi connectivity index (χ0n) is 20.1. The van der Waals surface area contributed by atoms with Gasteiger partial charge >= 0.3 is 0 Å². The van der Waals surface area contributed by atoms with E-state index >= 15 is 0 Å². The van der Waals surface area contributed by atoms with E-state index in [1.165, 1.54) is 5.56 Å². The summed E-state index contributed by atoms with van der Waals surface area (Å²) < 4.78 is 8.09. The van der Waals surface area contributed by atoms with Crippen LogP contribution in [0.5, 0.6) is 0 Å². The molecule has 0 bridgehead atoms. The van der Waals surface area contributed by atoms with Crippen LogP contribution in [0.15, 0.2) is 77.2 Å². The Morgan fingerprint density at radius 2 is 1.92 bits per heavy atom. The van der Waals surface area contributed by atoms with Crippen LogP contribution in [0.2, 0.25) is 0 Å². The van der Waals surface area contributed by atoms with Gasteiger partial charge in [-0.2, -0.15) is 5.10 Å². The van der Waals surface area contributed by atoms with Crippen LogP contribution in [-0.2, 0) is 16.1 Å². The molecule has 2 aliphatic rings. The summed E-state index contributed by atoms with van der Waals surface area (Å²) in [5, 5.41) is 8.58. The third-order valence-corrected chi connectivity index (χ3v) is 6.03. The first-order valence-electron chi connectivity index (χ1n) is 11.9. The van der Waals surface area contributed by atoms with Crippen molar-refractivity contribution in [2.24, 2.45) is 9.98 Å². The van der Waals surface area contributed by atoms with E-state index in [4.69, 9.17) is 4.74 Å². The summed E-state index contributed by atoms with van der Waals surface area (Å²) in [6, 6.07) is 15.7. The summed E-state index contributed by atoms with van der Waals surface area (Å²) in [6.07, 6.45) is 5.79. The van der Waals surface area contributed by atoms with Gasteiger partial charge in [0.1, 0.15) is 12.4 Å². The number of carbonyl (C=O) groups excluding carboxylic acids is 1. The average Bonchev–Trinajstić information content (AvgIpc) is 3.60. The molecular weight excluding hydrogens is 456 g/mol. The third kappa shape index (κ3) is 5.96. The smallest absolute Gasteiger partial charge is 0.267 e. The lowest BCUT2D eigenvalue weighted by Gasteiger charge is -2.33. The molecule has 10 heteroatoms. The standard InChI is InChI=1S/C18H22N6O.C8H6N2O/c1-14-20-18(22-21-14)16-4-2-15(3-5-16)17-12-23(10-11-25-17)8-9-24-7-6-19-13-24;11-8-5-9-6-3-1-2-4-7(6)10-8/h2-7,13,17H,8-12H2,1H3,(H,20,21,22);1-4H,5H2. The highest BCUT2D eigenvalue weighted by Gasteiger charge is 2.22. The van der Waals surface area contributed by atoms with Crippen molar-refractivity contribution in [1.29, 1.82) is 0 Å². The van der Waals surface area contributed by atoms with Crippen molar-refractivity contribution in [3.05, 3.63) is 89.4 Å². The second kappa shape index (κ2) is 11.1. The van der Waals surface area contributed by atoms with Crippen molar-refractivity contribution >= 4 is 5.91 Å². The Kier molecular flexibility index (Phi) is 7.34. The first kappa shape index (κ1) is 23.7. The van der Waals surface area contributed by atoms with Gasteiger partial charge in [0.15, 0.2) is 5.82 Å². The molecular formula is C26H28N8O2. The van der Waals surface area contributed by atoms with E-state index in [2.05, 4.69) is 63.9 Å². The minimum absolute atomic E-state index is 0.111. The van der Waals surface area contributed by atoms with Gasteiger partial charge in [-0.25, -0.2) is 15.0 Å². The second-order valence-corrected chi connectivity index (χ2v) is 8.64. The number of benzene rings is 2. The number of imidazole rings is 1. The molecule has 1 unspecified atom stereocenters. The fourth-order valence-corrected chi connectivity index (χ4v) is 4.12. The van der Waals surface area contributed by atoms with Crippen LogP contribution in [0, 0.1) is 6.92 Å². The van der Waals surface area contributed by atoms with Crippen LogP contribution >= 0.6 is 0 Å². The molecule has 1 amide bonds. The maximum atomic E-state index is 10.8. The summed E-state index contributed by atoms with van der Waals surface area (Å²) in [5.41, 5.74) is 2.21. The molecule has 0 spiro atoms. The van der Waals surface area contributed by atoms with E-state index in [0.29, 0.717) is 5.36 Å². The molecule has 2 aliphatic heterocycles. The van der Waals surface area contributed by atoms with Crippen molar-refractivity contribution in [2.45, 2.75) is 19.6 Å². The number of amides is 1. The van der Waals surface area contributed by atoms with Crippen LogP contribution in [0.3, 0.4) is 0 Å². The van der Waals surface area contributed by atoms with Gasteiger partial charge in [-0.15, -0.1) is 0 Å².